The number of amides is 3. The summed E-state index contributed by atoms with van der Waals surface area (Å²) < 4.78 is 6.31. The van der Waals surface area contributed by atoms with Crippen molar-refractivity contribution in [3.05, 3.63) is 98.5 Å². The van der Waals surface area contributed by atoms with E-state index >= 15 is 0 Å². The maximum Gasteiger partial charge on any atom is 0.254 e. The fourth-order valence-corrected chi connectivity index (χ4v) is 7.65. The van der Waals surface area contributed by atoms with Gasteiger partial charge in [0.15, 0.2) is 0 Å². The third-order valence-electron chi connectivity index (χ3n) is 9.46. The Hall–Kier alpha value is -3.43. The lowest BCUT2D eigenvalue weighted by molar-refractivity contribution is -0.144. The summed E-state index contributed by atoms with van der Waals surface area (Å²) in [6.07, 6.45) is 2.01. The van der Waals surface area contributed by atoms with Crippen LogP contribution in [-0.4, -0.2) is 77.4 Å². The van der Waals surface area contributed by atoms with E-state index in [1.54, 1.807) is 12.1 Å². The van der Waals surface area contributed by atoms with Crippen LogP contribution in [0.15, 0.2) is 60.7 Å². The van der Waals surface area contributed by atoms with Gasteiger partial charge in [0.25, 0.3) is 5.91 Å². The first-order valence-corrected chi connectivity index (χ1v) is 16.6. The first kappa shape index (κ1) is 32.5. The van der Waals surface area contributed by atoms with Gasteiger partial charge in [0.1, 0.15) is 6.61 Å². The second kappa shape index (κ2) is 13.7. The largest absolute Gasteiger partial charge is 0.368 e. The highest BCUT2D eigenvalue weighted by atomic mass is 35.5. The molecule has 8 nitrogen and oxygen atoms in total. The zero-order valence-corrected chi connectivity index (χ0v) is 28.0. The zero-order chi connectivity index (χ0) is 32.5. The van der Waals surface area contributed by atoms with Crippen LogP contribution in [0.5, 0.6) is 0 Å². The van der Waals surface area contributed by atoms with E-state index in [0.717, 1.165) is 48.3 Å². The van der Waals surface area contributed by atoms with E-state index in [1.165, 1.54) is 12.5 Å². The molecular weight excluding hydrogens is 623 g/mol. The summed E-state index contributed by atoms with van der Waals surface area (Å²) >= 11 is 12.6. The van der Waals surface area contributed by atoms with Gasteiger partial charge in [-0.25, -0.2) is 0 Å². The average molecular weight is 664 g/mol. The third-order valence-corrected chi connectivity index (χ3v) is 10.2. The summed E-state index contributed by atoms with van der Waals surface area (Å²) in [4.78, 5) is 44.8. The molecule has 3 amide bonds. The molecule has 3 aromatic carbocycles. The van der Waals surface area contributed by atoms with Crippen LogP contribution >= 0.6 is 23.2 Å². The van der Waals surface area contributed by atoms with Crippen LogP contribution < -0.4 is 5.32 Å². The fourth-order valence-electron chi connectivity index (χ4n) is 7.34. The lowest BCUT2D eigenvalue weighted by Gasteiger charge is -2.42. The zero-order valence-electron chi connectivity index (χ0n) is 26.5. The molecule has 0 aromatic heterocycles. The number of hydrogen-bond donors (Lipinski definition) is 1. The lowest BCUT2D eigenvalue weighted by atomic mass is 10.0. The van der Waals surface area contributed by atoms with Crippen molar-refractivity contribution < 1.29 is 19.1 Å². The Bertz CT molecular complexity index is 1610. The van der Waals surface area contributed by atoms with E-state index in [-0.39, 0.29) is 36.5 Å². The molecule has 6 rings (SSSR count). The van der Waals surface area contributed by atoms with Gasteiger partial charge in [0, 0.05) is 56.9 Å². The van der Waals surface area contributed by atoms with Crippen molar-refractivity contribution in [1.29, 1.82) is 0 Å². The molecule has 3 aliphatic rings. The monoisotopic (exact) mass is 662 g/mol. The molecule has 2 bridgehead atoms. The quantitative estimate of drug-likeness (QED) is 0.307. The van der Waals surface area contributed by atoms with E-state index in [9.17, 15) is 14.4 Å². The number of nitrogens with one attached hydrogen (secondary N) is 1. The van der Waals surface area contributed by atoms with Crippen LogP contribution in [0.3, 0.4) is 0 Å². The molecule has 3 aromatic rings. The van der Waals surface area contributed by atoms with Gasteiger partial charge in [0.2, 0.25) is 11.8 Å². The summed E-state index contributed by atoms with van der Waals surface area (Å²) in [6.45, 7) is 8.45. The Morgan fingerprint density at radius 3 is 2.28 bits per heavy atom. The molecule has 0 radical (unpaired) electrons. The maximum absolute atomic E-state index is 13.7. The van der Waals surface area contributed by atoms with Gasteiger partial charge in [-0.15, -0.1) is 0 Å². The lowest BCUT2D eigenvalue weighted by Crippen LogP contribution is -2.53. The number of likely N-dealkylation sites (tertiary alicyclic amines) is 1. The van der Waals surface area contributed by atoms with Crippen LogP contribution in [0.4, 0.5) is 5.69 Å². The van der Waals surface area contributed by atoms with Crippen molar-refractivity contribution in [1.82, 2.24) is 14.7 Å². The molecule has 1 aliphatic carbocycles. The van der Waals surface area contributed by atoms with Gasteiger partial charge in [-0.2, -0.15) is 0 Å². The summed E-state index contributed by atoms with van der Waals surface area (Å²) in [5.74, 6) is 0.169. The fraction of sp³-hybridized carbons (Fsp3) is 0.417. The van der Waals surface area contributed by atoms with Crippen molar-refractivity contribution in [3.63, 3.8) is 0 Å². The Morgan fingerprint density at radius 2 is 1.63 bits per heavy atom. The van der Waals surface area contributed by atoms with Crippen molar-refractivity contribution in [2.45, 2.75) is 58.3 Å². The van der Waals surface area contributed by atoms with E-state index in [1.807, 2.05) is 54.0 Å². The minimum atomic E-state index is -0.373. The Balaban J connectivity index is 1.08. The van der Waals surface area contributed by atoms with E-state index in [2.05, 4.69) is 28.4 Å². The highest BCUT2D eigenvalue weighted by Gasteiger charge is 2.45. The second-order valence-electron chi connectivity index (χ2n) is 12.9. The number of halogens is 2. The second-order valence-corrected chi connectivity index (χ2v) is 13.8. The molecule has 2 aliphatic heterocycles. The Morgan fingerprint density at radius 1 is 0.891 bits per heavy atom. The number of piperidine rings is 1. The number of nitrogens with zero attached hydrogens (tertiary/aromatic N) is 3. The highest BCUT2D eigenvalue weighted by Crippen LogP contribution is 2.40. The third kappa shape index (κ3) is 7.26. The molecule has 1 N–H and O–H groups in total. The summed E-state index contributed by atoms with van der Waals surface area (Å²) in [7, 11) is 0. The van der Waals surface area contributed by atoms with Gasteiger partial charge in [0.05, 0.1) is 22.2 Å². The predicted molar refractivity (Wildman–Crippen MR) is 180 cm³/mol. The molecule has 4 unspecified atom stereocenters. The van der Waals surface area contributed by atoms with Crippen LogP contribution in [0.2, 0.25) is 10.0 Å². The van der Waals surface area contributed by atoms with Gasteiger partial charge in [-0.05, 0) is 80.1 Å². The minimum absolute atomic E-state index is 0.00133. The first-order chi connectivity index (χ1) is 22.0. The molecule has 0 spiro atoms. The van der Waals surface area contributed by atoms with Gasteiger partial charge in [-0.1, -0.05) is 58.6 Å². The van der Waals surface area contributed by atoms with Crippen molar-refractivity contribution in [2.24, 2.45) is 5.92 Å². The molecule has 3 fully saturated rings. The molecule has 1 saturated carbocycles. The van der Waals surface area contributed by atoms with Crippen LogP contribution in [0, 0.1) is 19.8 Å². The average Bonchev–Trinajstić information content (AvgIpc) is 3.61. The minimum Gasteiger partial charge on any atom is -0.368 e. The van der Waals surface area contributed by atoms with E-state index in [4.69, 9.17) is 27.9 Å². The number of carbonyl (C=O) groups excluding carboxylic acids is 3. The first-order valence-electron chi connectivity index (χ1n) is 15.9. The number of rotatable bonds is 8. The molecule has 10 heteroatoms. The molecule has 46 heavy (non-hydrogen) atoms. The molecular formula is C36H40Cl2N4O4. The SMILES string of the molecule is CC(=O)Nc1ccc(CN2CC3CC2CC3OCC(=O)N2CCN(C(=O)c3cc(C)cc(C)c3)CC2c2ccc(Cl)c(Cl)c2)cc1. The standard InChI is InChI=1S/C36H40Cl2N4O4/c1-22-12-23(2)14-27(13-22)36(45)40-10-11-42(33(20-40)26-6-9-31(37)32(38)16-26)35(44)21-46-34-17-30-15-28(34)19-41(30)18-25-4-7-29(8-5-25)39-24(3)43/h4-9,12-14,16,28,30,33-34H,10-11,15,17-21H2,1-3H3,(H,39,43). The summed E-state index contributed by atoms with van der Waals surface area (Å²) in [5, 5.41) is 3.67. The number of fused-ring (bicyclic) bond motifs is 2. The normalized spacial score (nSPS) is 22.7. The molecule has 4 atom stereocenters. The number of piperazine rings is 1. The summed E-state index contributed by atoms with van der Waals surface area (Å²) in [5.41, 5.74) is 5.57. The molecule has 2 saturated heterocycles. The highest BCUT2D eigenvalue weighted by molar-refractivity contribution is 6.42. The topological polar surface area (TPSA) is 82.2 Å². The summed E-state index contributed by atoms with van der Waals surface area (Å²) in [6, 6.07) is 19.3. The van der Waals surface area contributed by atoms with Gasteiger partial charge < -0.3 is 19.9 Å². The van der Waals surface area contributed by atoms with Gasteiger partial charge in [-0.3, -0.25) is 19.3 Å². The molecule has 242 valence electrons. The van der Waals surface area contributed by atoms with Crippen LogP contribution in [-0.2, 0) is 20.9 Å². The maximum atomic E-state index is 13.7. The number of aryl methyl sites for hydroxylation is 2. The van der Waals surface area contributed by atoms with E-state index in [0.29, 0.717) is 47.2 Å². The Labute approximate surface area is 280 Å². The number of hydrogen-bond acceptors (Lipinski definition) is 5. The smallest absolute Gasteiger partial charge is 0.254 e. The van der Waals surface area contributed by atoms with Crippen LogP contribution in [0.25, 0.3) is 0 Å². The number of anilines is 1. The number of ether oxygens (including phenoxy) is 1. The van der Waals surface area contributed by atoms with Gasteiger partial charge >= 0.3 is 0 Å². The van der Waals surface area contributed by atoms with Crippen molar-refractivity contribution in [2.75, 3.05) is 38.1 Å². The van der Waals surface area contributed by atoms with E-state index < -0.39 is 0 Å². The Kier molecular flexibility index (Phi) is 9.71. The van der Waals surface area contributed by atoms with Crippen molar-refractivity contribution >= 4 is 46.6 Å². The number of carbonyl (C=O) groups is 3. The molecule has 2 heterocycles. The predicted octanol–water partition coefficient (Wildman–Crippen LogP) is 6.27. The number of benzene rings is 3. The van der Waals surface area contributed by atoms with Crippen molar-refractivity contribution in [3.8, 4) is 0 Å². The van der Waals surface area contributed by atoms with Crippen LogP contribution in [0.1, 0.15) is 58.4 Å².